The molecule has 1 aromatic carbocycles. The molecular weight excluding hydrogens is 349 g/mol. The van der Waals surface area contributed by atoms with Crippen LogP contribution in [0.2, 0.25) is 0 Å². The molecular formula is C20H20FN3O3. The van der Waals surface area contributed by atoms with Crippen LogP contribution >= 0.6 is 0 Å². The van der Waals surface area contributed by atoms with Crippen molar-refractivity contribution in [3.63, 3.8) is 0 Å². The smallest absolute Gasteiger partial charge is 0.261 e. The summed E-state index contributed by atoms with van der Waals surface area (Å²) >= 11 is 0. The second-order valence-corrected chi connectivity index (χ2v) is 6.33. The molecule has 3 aromatic rings. The summed E-state index contributed by atoms with van der Waals surface area (Å²) in [5, 5.41) is 2.77. The van der Waals surface area contributed by atoms with Gasteiger partial charge in [0.25, 0.3) is 11.5 Å². The van der Waals surface area contributed by atoms with Crippen LogP contribution in [0, 0.1) is 5.82 Å². The molecule has 0 saturated heterocycles. The lowest BCUT2D eigenvalue weighted by Gasteiger charge is -2.25. The highest BCUT2D eigenvalue weighted by atomic mass is 19.1. The SMILES string of the molecule is CN(C)C(CNC(=O)c1ccc(-c2ccco2)[nH]c1=O)c1ccc(F)cc1. The summed E-state index contributed by atoms with van der Waals surface area (Å²) in [6.07, 6.45) is 1.51. The number of carbonyl (C=O) groups excluding carboxylic acids is 1. The molecule has 1 atom stereocenters. The van der Waals surface area contributed by atoms with E-state index >= 15 is 0 Å². The van der Waals surface area contributed by atoms with Gasteiger partial charge in [-0.1, -0.05) is 12.1 Å². The number of nitrogens with one attached hydrogen (secondary N) is 2. The second kappa shape index (κ2) is 8.01. The minimum Gasteiger partial charge on any atom is -0.463 e. The fraction of sp³-hybridized carbons (Fsp3) is 0.200. The van der Waals surface area contributed by atoms with Crippen LogP contribution in [0.4, 0.5) is 4.39 Å². The first-order valence-corrected chi connectivity index (χ1v) is 8.43. The molecule has 3 rings (SSSR count). The Balaban J connectivity index is 1.72. The van der Waals surface area contributed by atoms with Gasteiger partial charge < -0.3 is 19.6 Å². The van der Waals surface area contributed by atoms with Gasteiger partial charge in [0.05, 0.1) is 18.0 Å². The minimum absolute atomic E-state index is 0.0157. The van der Waals surface area contributed by atoms with Crippen molar-refractivity contribution in [1.82, 2.24) is 15.2 Å². The first-order valence-electron chi connectivity index (χ1n) is 8.43. The van der Waals surface area contributed by atoms with Gasteiger partial charge in [-0.05, 0) is 56.1 Å². The van der Waals surface area contributed by atoms with E-state index in [0.717, 1.165) is 5.56 Å². The Hall–Kier alpha value is -3.19. The molecule has 140 valence electrons. The molecule has 0 aliphatic heterocycles. The molecule has 0 radical (unpaired) electrons. The van der Waals surface area contributed by atoms with Crippen LogP contribution in [-0.4, -0.2) is 36.4 Å². The molecule has 2 N–H and O–H groups in total. The van der Waals surface area contributed by atoms with Gasteiger partial charge in [0.15, 0.2) is 0 Å². The van der Waals surface area contributed by atoms with Gasteiger partial charge in [0.2, 0.25) is 0 Å². The van der Waals surface area contributed by atoms with Gasteiger partial charge in [-0.3, -0.25) is 9.59 Å². The topological polar surface area (TPSA) is 78.3 Å². The number of halogens is 1. The van der Waals surface area contributed by atoms with Gasteiger partial charge in [-0.2, -0.15) is 0 Å². The molecule has 2 heterocycles. The number of amides is 1. The summed E-state index contributed by atoms with van der Waals surface area (Å²) in [6, 6.07) is 12.5. The summed E-state index contributed by atoms with van der Waals surface area (Å²) in [6.45, 7) is 0.275. The molecule has 6 nitrogen and oxygen atoms in total. The molecule has 0 fully saturated rings. The molecule has 0 aliphatic carbocycles. The Morgan fingerprint density at radius 2 is 1.93 bits per heavy atom. The Labute approximate surface area is 155 Å². The Kier molecular flexibility index (Phi) is 5.52. The molecule has 0 saturated carbocycles. The van der Waals surface area contributed by atoms with Crippen LogP contribution in [0.25, 0.3) is 11.5 Å². The van der Waals surface area contributed by atoms with Crippen molar-refractivity contribution in [2.24, 2.45) is 0 Å². The van der Waals surface area contributed by atoms with Crippen LogP contribution in [0.15, 0.2) is 64.0 Å². The van der Waals surface area contributed by atoms with Gasteiger partial charge >= 0.3 is 0 Å². The Morgan fingerprint density at radius 1 is 1.19 bits per heavy atom. The van der Waals surface area contributed by atoms with E-state index < -0.39 is 11.5 Å². The predicted octanol–water partition coefficient (Wildman–Crippen LogP) is 2.81. The number of rotatable bonds is 6. The average molecular weight is 369 g/mol. The first kappa shape index (κ1) is 18.6. The zero-order valence-corrected chi connectivity index (χ0v) is 15.0. The van der Waals surface area contributed by atoms with Gasteiger partial charge in [-0.25, -0.2) is 4.39 Å². The van der Waals surface area contributed by atoms with E-state index in [1.807, 2.05) is 19.0 Å². The van der Waals surface area contributed by atoms with Crippen LogP contribution in [-0.2, 0) is 0 Å². The molecule has 7 heteroatoms. The van der Waals surface area contributed by atoms with Crippen molar-refractivity contribution in [2.45, 2.75) is 6.04 Å². The van der Waals surface area contributed by atoms with Crippen LogP contribution in [0.3, 0.4) is 0 Å². The molecule has 0 bridgehead atoms. The highest BCUT2D eigenvalue weighted by Crippen LogP contribution is 2.18. The van der Waals surface area contributed by atoms with E-state index in [0.29, 0.717) is 11.5 Å². The lowest BCUT2D eigenvalue weighted by molar-refractivity contribution is 0.0940. The number of likely N-dealkylation sites (N-methyl/N-ethyl adjacent to an activating group) is 1. The predicted molar refractivity (Wildman–Crippen MR) is 99.9 cm³/mol. The fourth-order valence-electron chi connectivity index (χ4n) is 2.80. The number of hydrogen-bond acceptors (Lipinski definition) is 4. The number of benzene rings is 1. The van der Waals surface area contributed by atoms with E-state index in [-0.39, 0.29) is 24.0 Å². The van der Waals surface area contributed by atoms with Crippen molar-refractivity contribution in [1.29, 1.82) is 0 Å². The monoisotopic (exact) mass is 369 g/mol. The maximum absolute atomic E-state index is 13.1. The van der Waals surface area contributed by atoms with Crippen LogP contribution in [0.1, 0.15) is 22.0 Å². The molecule has 1 unspecified atom stereocenters. The summed E-state index contributed by atoms with van der Waals surface area (Å²) in [4.78, 5) is 29.3. The molecule has 2 aromatic heterocycles. The number of aromatic amines is 1. The summed E-state index contributed by atoms with van der Waals surface area (Å²) in [5.41, 5.74) is 0.884. The third-order valence-electron chi connectivity index (χ3n) is 4.27. The zero-order chi connectivity index (χ0) is 19.4. The molecule has 1 amide bonds. The molecule has 27 heavy (non-hydrogen) atoms. The van der Waals surface area contributed by atoms with E-state index in [4.69, 9.17) is 4.42 Å². The second-order valence-electron chi connectivity index (χ2n) is 6.33. The number of nitrogens with zero attached hydrogens (tertiary/aromatic N) is 1. The van der Waals surface area contributed by atoms with Crippen molar-refractivity contribution in [2.75, 3.05) is 20.6 Å². The maximum atomic E-state index is 13.1. The maximum Gasteiger partial charge on any atom is 0.261 e. The van der Waals surface area contributed by atoms with E-state index in [9.17, 15) is 14.0 Å². The first-order chi connectivity index (χ1) is 13.0. The number of H-pyrrole nitrogens is 1. The Morgan fingerprint density at radius 3 is 2.52 bits per heavy atom. The molecule has 0 spiro atoms. The normalized spacial score (nSPS) is 12.1. The standard InChI is InChI=1S/C20H20FN3O3/c1-24(2)17(13-5-7-14(21)8-6-13)12-22-19(25)15-9-10-16(23-20(15)26)18-4-3-11-27-18/h3-11,17H,12H2,1-2H3,(H,22,25)(H,23,26). The molecule has 0 aliphatic rings. The van der Waals surface area contributed by atoms with Gasteiger partial charge in [0.1, 0.15) is 17.1 Å². The lowest BCUT2D eigenvalue weighted by atomic mass is 10.1. The lowest BCUT2D eigenvalue weighted by Crippen LogP contribution is -2.36. The Bertz CT molecular complexity index is 963. The van der Waals surface area contributed by atoms with Crippen molar-refractivity contribution < 1.29 is 13.6 Å². The third-order valence-corrected chi connectivity index (χ3v) is 4.27. The van der Waals surface area contributed by atoms with Crippen molar-refractivity contribution >= 4 is 5.91 Å². The highest BCUT2D eigenvalue weighted by molar-refractivity contribution is 5.94. The average Bonchev–Trinajstić information content (AvgIpc) is 3.17. The third kappa shape index (κ3) is 4.32. The summed E-state index contributed by atoms with van der Waals surface area (Å²) in [5.74, 6) is -0.275. The number of aromatic nitrogens is 1. The number of pyridine rings is 1. The fourth-order valence-corrected chi connectivity index (χ4v) is 2.80. The minimum atomic E-state index is -0.496. The van der Waals surface area contributed by atoms with Crippen molar-refractivity contribution in [3.8, 4) is 11.5 Å². The summed E-state index contributed by atoms with van der Waals surface area (Å²) in [7, 11) is 3.73. The van der Waals surface area contributed by atoms with Gasteiger partial charge in [0, 0.05) is 6.54 Å². The van der Waals surface area contributed by atoms with E-state index in [2.05, 4.69) is 10.3 Å². The number of furan rings is 1. The zero-order valence-electron chi connectivity index (χ0n) is 15.0. The van der Waals surface area contributed by atoms with E-state index in [1.54, 1.807) is 30.3 Å². The number of hydrogen-bond donors (Lipinski definition) is 2. The largest absolute Gasteiger partial charge is 0.463 e. The van der Waals surface area contributed by atoms with Gasteiger partial charge in [-0.15, -0.1) is 0 Å². The quantitative estimate of drug-likeness (QED) is 0.700. The van der Waals surface area contributed by atoms with E-state index in [1.165, 1.54) is 24.5 Å². The van der Waals surface area contributed by atoms with Crippen LogP contribution in [0.5, 0.6) is 0 Å². The summed E-state index contributed by atoms with van der Waals surface area (Å²) < 4.78 is 18.4. The highest BCUT2D eigenvalue weighted by Gasteiger charge is 2.18. The number of carbonyl (C=O) groups is 1. The van der Waals surface area contributed by atoms with Crippen LogP contribution < -0.4 is 10.9 Å². The van der Waals surface area contributed by atoms with Crippen molar-refractivity contribution in [3.05, 3.63) is 82.1 Å².